The van der Waals surface area contributed by atoms with Crippen molar-refractivity contribution in [3.63, 3.8) is 0 Å². The SMILES string of the molecule is CCC(CC)c1cc(C(=O)Nc2cc3c(cc2N)OCO3)on1. The summed E-state index contributed by atoms with van der Waals surface area (Å²) in [5.41, 5.74) is 7.55. The van der Waals surface area contributed by atoms with Crippen LogP contribution in [0.3, 0.4) is 0 Å². The van der Waals surface area contributed by atoms with Gasteiger partial charge in [-0.15, -0.1) is 0 Å². The number of carbonyl (C=O) groups excluding carboxylic acids is 1. The van der Waals surface area contributed by atoms with Gasteiger partial charge in [0.2, 0.25) is 12.6 Å². The molecule has 122 valence electrons. The zero-order valence-electron chi connectivity index (χ0n) is 13.1. The normalized spacial score (nSPS) is 12.7. The van der Waals surface area contributed by atoms with E-state index in [9.17, 15) is 4.79 Å². The first-order valence-electron chi connectivity index (χ1n) is 7.59. The second-order valence-electron chi connectivity index (χ2n) is 5.38. The maximum absolute atomic E-state index is 12.3. The number of nitrogen functional groups attached to an aromatic ring is 1. The molecule has 1 aromatic carbocycles. The number of anilines is 2. The minimum absolute atomic E-state index is 0.146. The van der Waals surface area contributed by atoms with E-state index in [0.717, 1.165) is 18.5 Å². The first-order valence-corrected chi connectivity index (χ1v) is 7.59. The fourth-order valence-corrected chi connectivity index (χ4v) is 2.55. The van der Waals surface area contributed by atoms with Crippen molar-refractivity contribution in [3.8, 4) is 11.5 Å². The van der Waals surface area contributed by atoms with Crippen LogP contribution in [0.15, 0.2) is 22.7 Å². The van der Waals surface area contributed by atoms with Crippen molar-refractivity contribution in [2.75, 3.05) is 17.8 Å². The van der Waals surface area contributed by atoms with Gasteiger partial charge in [0, 0.05) is 24.1 Å². The molecule has 0 fully saturated rings. The van der Waals surface area contributed by atoms with E-state index in [-0.39, 0.29) is 18.5 Å². The fourth-order valence-electron chi connectivity index (χ4n) is 2.55. The summed E-state index contributed by atoms with van der Waals surface area (Å²) in [5.74, 6) is 1.15. The van der Waals surface area contributed by atoms with Gasteiger partial charge in [-0.25, -0.2) is 0 Å². The summed E-state index contributed by atoms with van der Waals surface area (Å²) in [7, 11) is 0. The van der Waals surface area contributed by atoms with Crippen LogP contribution in [0, 0.1) is 0 Å². The Kier molecular flexibility index (Phi) is 4.10. The molecule has 0 bridgehead atoms. The van der Waals surface area contributed by atoms with Gasteiger partial charge >= 0.3 is 0 Å². The van der Waals surface area contributed by atoms with Crippen LogP contribution < -0.4 is 20.5 Å². The molecule has 7 nitrogen and oxygen atoms in total. The highest BCUT2D eigenvalue weighted by Crippen LogP contribution is 2.38. The third-order valence-electron chi connectivity index (χ3n) is 3.95. The molecule has 1 amide bonds. The fraction of sp³-hybridized carbons (Fsp3) is 0.375. The standard InChI is InChI=1S/C16H19N3O4/c1-3-9(4-2)11-6-15(23-19-11)16(20)18-12-7-14-13(5-10(12)17)21-8-22-14/h5-7,9H,3-4,8,17H2,1-2H3,(H,18,20). The van der Waals surface area contributed by atoms with E-state index in [4.69, 9.17) is 19.7 Å². The lowest BCUT2D eigenvalue weighted by atomic mass is 9.99. The summed E-state index contributed by atoms with van der Waals surface area (Å²) in [4.78, 5) is 12.3. The molecule has 0 atom stereocenters. The predicted molar refractivity (Wildman–Crippen MR) is 84.8 cm³/mol. The van der Waals surface area contributed by atoms with E-state index < -0.39 is 5.91 Å². The van der Waals surface area contributed by atoms with E-state index in [1.54, 1.807) is 18.2 Å². The monoisotopic (exact) mass is 317 g/mol. The van der Waals surface area contributed by atoms with Gasteiger partial charge in [0.15, 0.2) is 11.5 Å². The first kappa shape index (κ1) is 15.2. The van der Waals surface area contributed by atoms with Crippen LogP contribution in [0.2, 0.25) is 0 Å². The number of carbonyl (C=O) groups is 1. The molecule has 7 heteroatoms. The number of amides is 1. The van der Waals surface area contributed by atoms with Crippen LogP contribution in [0.4, 0.5) is 11.4 Å². The van der Waals surface area contributed by atoms with Crippen molar-refractivity contribution >= 4 is 17.3 Å². The third kappa shape index (κ3) is 2.94. The van der Waals surface area contributed by atoms with Gasteiger partial charge in [0.05, 0.1) is 17.1 Å². The molecule has 3 N–H and O–H groups in total. The number of ether oxygens (including phenoxy) is 2. The van der Waals surface area contributed by atoms with Crippen molar-refractivity contribution in [2.45, 2.75) is 32.6 Å². The molecule has 0 saturated heterocycles. The Morgan fingerprint density at radius 1 is 1.26 bits per heavy atom. The Morgan fingerprint density at radius 2 is 1.96 bits per heavy atom. The van der Waals surface area contributed by atoms with Crippen molar-refractivity contribution in [2.24, 2.45) is 0 Å². The molecular formula is C16H19N3O4. The topological polar surface area (TPSA) is 99.6 Å². The third-order valence-corrected chi connectivity index (χ3v) is 3.95. The van der Waals surface area contributed by atoms with Crippen molar-refractivity contribution in [3.05, 3.63) is 29.7 Å². The molecule has 23 heavy (non-hydrogen) atoms. The number of nitrogens with one attached hydrogen (secondary N) is 1. The summed E-state index contributed by atoms with van der Waals surface area (Å²) >= 11 is 0. The molecule has 1 aromatic heterocycles. The van der Waals surface area contributed by atoms with Crippen molar-refractivity contribution in [1.82, 2.24) is 5.16 Å². The van der Waals surface area contributed by atoms with Gasteiger partial charge in [0.1, 0.15) is 0 Å². The number of nitrogens with zero attached hydrogens (tertiary/aromatic N) is 1. The lowest BCUT2D eigenvalue weighted by molar-refractivity contribution is 0.0988. The minimum atomic E-state index is -0.403. The van der Waals surface area contributed by atoms with Crippen LogP contribution >= 0.6 is 0 Å². The quantitative estimate of drug-likeness (QED) is 0.822. The predicted octanol–water partition coefficient (Wildman–Crippen LogP) is 3.14. The van der Waals surface area contributed by atoms with Crippen LogP contribution in [0.1, 0.15) is 48.9 Å². The number of nitrogens with two attached hydrogens (primary N) is 1. The molecule has 0 radical (unpaired) electrons. The molecule has 1 aliphatic rings. The Bertz CT molecular complexity index is 722. The molecule has 2 aromatic rings. The average Bonchev–Trinajstić information content (AvgIpc) is 3.18. The first-order chi connectivity index (χ1) is 11.1. The Balaban J connectivity index is 1.77. The summed E-state index contributed by atoms with van der Waals surface area (Å²) in [6.07, 6.45) is 1.89. The van der Waals surface area contributed by atoms with Crippen LogP contribution in [-0.4, -0.2) is 17.9 Å². The summed E-state index contributed by atoms with van der Waals surface area (Å²) in [6.45, 7) is 4.30. The molecule has 1 aliphatic heterocycles. The highest BCUT2D eigenvalue weighted by molar-refractivity contribution is 6.04. The molecular weight excluding hydrogens is 298 g/mol. The number of hydrogen-bond donors (Lipinski definition) is 2. The van der Waals surface area contributed by atoms with Crippen LogP contribution in [0.25, 0.3) is 0 Å². The highest BCUT2D eigenvalue weighted by Gasteiger charge is 2.20. The maximum Gasteiger partial charge on any atom is 0.294 e. The van der Waals surface area contributed by atoms with E-state index >= 15 is 0 Å². The van der Waals surface area contributed by atoms with Crippen LogP contribution in [-0.2, 0) is 0 Å². The second-order valence-corrected chi connectivity index (χ2v) is 5.38. The van der Waals surface area contributed by atoms with Crippen LogP contribution in [0.5, 0.6) is 11.5 Å². The maximum atomic E-state index is 12.3. The Labute approximate surface area is 133 Å². The zero-order valence-corrected chi connectivity index (χ0v) is 13.1. The summed E-state index contributed by atoms with van der Waals surface area (Å²) in [6, 6.07) is 4.93. The molecule has 0 saturated carbocycles. The molecule has 0 spiro atoms. The molecule has 2 heterocycles. The number of fused-ring (bicyclic) bond motifs is 1. The largest absolute Gasteiger partial charge is 0.454 e. The average molecular weight is 317 g/mol. The van der Waals surface area contributed by atoms with E-state index in [0.29, 0.717) is 22.9 Å². The Hall–Kier alpha value is -2.70. The summed E-state index contributed by atoms with van der Waals surface area (Å²) in [5, 5.41) is 6.70. The van der Waals surface area contributed by atoms with Gasteiger partial charge in [-0.2, -0.15) is 0 Å². The van der Waals surface area contributed by atoms with Gasteiger partial charge < -0.3 is 25.0 Å². The highest BCUT2D eigenvalue weighted by atomic mass is 16.7. The molecule has 0 unspecified atom stereocenters. The van der Waals surface area contributed by atoms with E-state index in [1.165, 1.54) is 0 Å². The van der Waals surface area contributed by atoms with Crippen molar-refractivity contribution in [1.29, 1.82) is 0 Å². The Morgan fingerprint density at radius 3 is 2.65 bits per heavy atom. The van der Waals surface area contributed by atoms with Gasteiger partial charge in [-0.3, -0.25) is 4.79 Å². The van der Waals surface area contributed by atoms with Crippen molar-refractivity contribution < 1.29 is 18.8 Å². The van der Waals surface area contributed by atoms with Gasteiger partial charge in [-0.05, 0) is 12.8 Å². The number of rotatable bonds is 5. The van der Waals surface area contributed by atoms with Gasteiger partial charge in [0.25, 0.3) is 5.91 Å². The molecule has 0 aliphatic carbocycles. The summed E-state index contributed by atoms with van der Waals surface area (Å²) < 4.78 is 15.7. The zero-order chi connectivity index (χ0) is 16.4. The number of hydrogen-bond acceptors (Lipinski definition) is 6. The lowest BCUT2D eigenvalue weighted by Crippen LogP contribution is -2.12. The molecule has 3 rings (SSSR count). The smallest absolute Gasteiger partial charge is 0.294 e. The minimum Gasteiger partial charge on any atom is -0.454 e. The van der Waals surface area contributed by atoms with E-state index in [1.807, 2.05) is 0 Å². The van der Waals surface area contributed by atoms with E-state index in [2.05, 4.69) is 24.3 Å². The number of benzene rings is 1. The van der Waals surface area contributed by atoms with Gasteiger partial charge in [-0.1, -0.05) is 19.0 Å². The number of aromatic nitrogens is 1. The lowest BCUT2D eigenvalue weighted by Gasteiger charge is -2.08. The second kappa shape index (κ2) is 6.20.